The lowest BCUT2D eigenvalue weighted by atomic mass is 10.0. The molecule has 0 saturated carbocycles. The van der Waals surface area contributed by atoms with E-state index < -0.39 is 0 Å². The molecule has 0 spiro atoms. The van der Waals surface area contributed by atoms with Gasteiger partial charge in [0.15, 0.2) is 0 Å². The topological polar surface area (TPSA) is 0 Å². The molecule has 0 heteroatoms. The fraction of sp³-hybridized carbons (Fsp3) is 0.280. The van der Waals surface area contributed by atoms with E-state index in [9.17, 15) is 0 Å². The summed E-state index contributed by atoms with van der Waals surface area (Å²) in [6, 6.07) is 19.2. The Balaban J connectivity index is 0.000000458. The summed E-state index contributed by atoms with van der Waals surface area (Å²) >= 11 is 0. The Labute approximate surface area is 155 Å². The van der Waals surface area contributed by atoms with Gasteiger partial charge in [0.1, 0.15) is 0 Å². The first-order valence-corrected chi connectivity index (χ1v) is 9.14. The van der Waals surface area contributed by atoms with Gasteiger partial charge in [-0.3, -0.25) is 0 Å². The van der Waals surface area contributed by atoms with Crippen LogP contribution in [0.5, 0.6) is 0 Å². The van der Waals surface area contributed by atoms with Gasteiger partial charge in [-0.2, -0.15) is 0 Å². The second-order valence-electron chi connectivity index (χ2n) is 5.87. The predicted molar refractivity (Wildman–Crippen MR) is 116 cm³/mol. The molecule has 2 aromatic rings. The standard InChI is InChI=1S/C14H14.C9H14.C2H6/c1-2-12-8-10-14(11-9-12)13-6-4-3-5-7-13;1-8(2)6-5-7-9(3)4;1-2/h3-11H,2H2,1H3;5-7H,1H2,2-4H3;1-2H3/b;6-5-;. The van der Waals surface area contributed by atoms with Gasteiger partial charge in [-0.25, -0.2) is 0 Å². The van der Waals surface area contributed by atoms with Crippen molar-refractivity contribution in [2.45, 2.75) is 48.0 Å². The molecule has 0 fully saturated rings. The summed E-state index contributed by atoms with van der Waals surface area (Å²) < 4.78 is 0. The molecular formula is C25H34. The van der Waals surface area contributed by atoms with Gasteiger partial charge in [0.25, 0.3) is 0 Å². The lowest BCUT2D eigenvalue weighted by Gasteiger charge is -2.02. The molecule has 0 saturated heterocycles. The van der Waals surface area contributed by atoms with Gasteiger partial charge in [0.2, 0.25) is 0 Å². The quantitative estimate of drug-likeness (QED) is 0.496. The van der Waals surface area contributed by atoms with Crippen molar-refractivity contribution < 1.29 is 0 Å². The normalized spacial score (nSPS) is 9.36. The minimum atomic E-state index is 1.09. The number of aryl methyl sites for hydroxylation is 1. The fourth-order valence-electron chi connectivity index (χ4n) is 1.97. The Kier molecular flexibility index (Phi) is 12.7. The number of allylic oxidation sites excluding steroid dienone is 5. The maximum Gasteiger partial charge on any atom is -0.0184 e. The molecular weight excluding hydrogens is 300 g/mol. The zero-order valence-electron chi connectivity index (χ0n) is 16.8. The Morgan fingerprint density at radius 1 is 0.840 bits per heavy atom. The maximum atomic E-state index is 3.74. The number of benzene rings is 2. The predicted octanol–water partition coefficient (Wildman–Crippen LogP) is 8.03. The molecule has 0 aromatic heterocycles. The Bertz CT molecular complexity index is 636. The van der Waals surface area contributed by atoms with E-state index in [1.54, 1.807) is 0 Å². The Morgan fingerprint density at radius 3 is 1.80 bits per heavy atom. The summed E-state index contributed by atoms with van der Waals surface area (Å²) in [5, 5.41) is 0. The van der Waals surface area contributed by atoms with Crippen LogP contribution in [0.15, 0.2) is 90.6 Å². The highest BCUT2D eigenvalue weighted by Crippen LogP contribution is 2.19. The third-order valence-electron chi connectivity index (χ3n) is 3.28. The van der Waals surface area contributed by atoms with E-state index in [4.69, 9.17) is 0 Å². The Hall–Kier alpha value is -2.34. The van der Waals surface area contributed by atoms with Crippen LogP contribution in [0.1, 0.15) is 47.1 Å². The van der Waals surface area contributed by atoms with E-state index in [0.29, 0.717) is 0 Å². The van der Waals surface area contributed by atoms with Crippen molar-refractivity contribution >= 4 is 0 Å². The molecule has 0 bridgehead atoms. The van der Waals surface area contributed by atoms with Crippen molar-refractivity contribution in [1.82, 2.24) is 0 Å². The monoisotopic (exact) mass is 334 g/mol. The zero-order valence-corrected chi connectivity index (χ0v) is 16.8. The van der Waals surface area contributed by atoms with E-state index in [1.807, 2.05) is 39.0 Å². The van der Waals surface area contributed by atoms with Crippen molar-refractivity contribution in [2.75, 3.05) is 0 Å². The molecule has 2 aromatic carbocycles. The van der Waals surface area contributed by atoms with Crippen molar-refractivity contribution in [3.63, 3.8) is 0 Å². The smallest absolute Gasteiger partial charge is 0.0184 e. The van der Waals surface area contributed by atoms with Gasteiger partial charge in [-0.15, -0.1) is 0 Å². The van der Waals surface area contributed by atoms with Crippen molar-refractivity contribution in [3.05, 3.63) is 96.1 Å². The maximum absolute atomic E-state index is 3.74. The van der Waals surface area contributed by atoms with Crippen LogP contribution in [0.2, 0.25) is 0 Å². The van der Waals surface area contributed by atoms with Crippen molar-refractivity contribution in [2.24, 2.45) is 0 Å². The highest BCUT2D eigenvalue weighted by Gasteiger charge is 1.95. The third-order valence-corrected chi connectivity index (χ3v) is 3.28. The summed E-state index contributed by atoms with van der Waals surface area (Å²) in [6.45, 7) is 16.0. The summed E-state index contributed by atoms with van der Waals surface area (Å²) in [4.78, 5) is 0. The van der Waals surface area contributed by atoms with Crippen molar-refractivity contribution in [1.29, 1.82) is 0 Å². The molecule has 0 N–H and O–H groups in total. The first-order valence-electron chi connectivity index (χ1n) is 9.14. The minimum absolute atomic E-state index is 1.09. The van der Waals surface area contributed by atoms with Crippen LogP contribution in [-0.4, -0.2) is 0 Å². The van der Waals surface area contributed by atoms with E-state index >= 15 is 0 Å². The van der Waals surface area contributed by atoms with E-state index in [2.05, 4.69) is 82.0 Å². The second kappa shape index (κ2) is 14.0. The van der Waals surface area contributed by atoms with Crippen LogP contribution < -0.4 is 0 Å². The van der Waals surface area contributed by atoms with Gasteiger partial charge < -0.3 is 0 Å². The summed E-state index contributed by atoms with van der Waals surface area (Å²) in [7, 11) is 0. The van der Waals surface area contributed by atoms with Crippen LogP contribution in [0.4, 0.5) is 0 Å². The van der Waals surface area contributed by atoms with Crippen molar-refractivity contribution in [3.8, 4) is 11.1 Å². The molecule has 2 rings (SSSR count). The molecule has 0 nitrogen and oxygen atoms in total. The number of hydrogen-bond acceptors (Lipinski definition) is 0. The third kappa shape index (κ3) is 10.9. The average Bonchev–Trinajstić information content (AvgIpc) is 2.64. The van der Waals surface area contributed by atoms with Gasteiger partial charge in [-0.05, 0) is 43.9 Å². The highest BCUT2D eigenvalue weighted by molar-refractivity contribution is 5.63. The van der Waals surface area contributed by atoms with E-state index in [0.717, 1.165) is 12.0 Å². The van der Waals surface area contributed by atoms with Crippen LogP contribution >= 0.6 is 0 Å². The molecule has 0 amide bonds. The van der Waals surface area contributed by atoms with Gasteiger partial charge in [-0.1, -0.05) is 111 Å². The summed E-state index contributed by atoms with van der Waals surface area (Å²) in [6.07, 6.45) is 7.18. The Morgan fingerprint density at radius 2 is 1.36 bits per heavy atom. The summed E-state index contributed by atoms with van der Waals surface area (Å²) in [5.74, 6) is 0. The largest absolute Gasteiger partial charge is 0.0961 e. The summed E-state index contributed by atoms with van der Waals surface area (Å²) in [5.41, 5.74) is 6.38. The second-order valence-corrected chi connectivity index (χ2v) is 5.87. The van der Waals surface area contributed by atoms with Gasteiger partial charge in [0, 0.05) is 0 Å². The van der Waals surface area contributed by atoms with Crippen LogP contribution in [0.25, 0.3) is 11.1 Å². The molecule has 0 unspecified atom stereocenters. The van der Waals surface area contributed by atoms with E-state index in [-0.39, 0.29) is 0 Å². The van der Waals surface area contributed by atoms with Gasteiger partial charge in [0.05, 0.1) is 0 Å². The minimum Gasteiger partial charge on any atom is -0.0961 e. The highest BCUT2D eigenvalue weighted by atomic mass is 14.0. The molecule has 25 heavy (non-hydrogen) atoms. The average molecular weight is 335 g/mol. The van der Waals surface area contributed by atoms with Crippen LogP contribution in [-0.2, 0) is 6.42 Å². The lowest BCUT2D eigenvalue weighted by Crippen LogP contribution is -1.80. The lowest BCUT2D eigenvalue weighted by molar-refractivity contribution is 1.14. The molecule has 134 valence electrons. The molecule has 0 atom stereocenters. The van der Waals surface area contributed by atoms with E-state index in [1.165, 1.54) is 22.3 Å². The number of rotatable bonds is 4. The van der Waals surface area contributed by atoms with Gasteiger partial charge >= 0.3 is 0 Å². The molecule has 0 heterocycles. The van der Waals surface area contributed by atoms with Crippen LogP contribution in [0, 0.1) is 0 Å². The zero-order chi connectivity index (χ0) is 19.1. The molecule has 0 radical (unpaired) electrons. The van der Waals surface area contributed by atoms with Crippen LogP contribution in [0.3, 0.4) is 0 Å². The molecule has 0 aliphatic carbocycles. The molecule has 0 aliphatic heterocycles. The first-order chi connectivity index (χ1) is 12.0. The SMILES string of the molecule is C=C(C)/C=C\C=C(C)C.CC.CCc1ccc(-c2ccccc2)cc1. The first kappa shape index (κ1) is 22.7. The number of hydrogen-bond donors (Lipinski definition) is 0. The molecule has 0 aliphatic rings. The fourth-order valence-corrected chi connectivity index (χ4v) is 1.97.